The second-order valence-corrected chi connectivity index (χ2v) is 5.48. The zero-order chi connectivity index (χ0) is 13.3. The Kier molecular flexibility index (Phi) is 4.10. The van der Waals surface area contributed by atoms with Gasteiger partial charge in [-0.15, -0.1) is 0 Å². The molecule has 0 saturated carbocycles. The predicted octanol–water partition coefficient (Wildman–Crippen LogP) is 4.91. The molecule has 0 bridgehead atoms. The molecule has 2 aromatic rings. The number of anilines is 2. The number of rotatable bonds is 2. The first kappa shape index (κ1) is 13.6. The van der Waals surface area contributed by atoms with Crippen LogP contribution >= 0.6 is 39.1 Å². The Morgan fingerprint density at radius 3 is 2.61 bits per heavy atom. The molecule has 1 N–H and O–H groups in total. The van der Waals surface area contributed by atoms with Crippen molar-refractivity contribution in [1.29, 1.82) is 0 Å². The molecule has 0 saturated heterocycles. The van der Waals surface area contributed by atoms with Crippen LogP contribution in [0.1, 0.15) is 11.1 Å². The first-order valence-electron chi connectivity index (χ1n) is 5.19. The SMILES string of the molecule is Cc1cc(Br)c(Nc2nc(Cl)ncc2C)cc1Cl. The van der Waals surface area contributed by atoms with E-state index in [9.17, 15) is 0 Å². The Labute approximate surface area is 124 Å². The second-order valence-electron chi connectivity index (χ2n) is 3.88. The van der Waals surface area contributed by atoms with Gasteiger partial charge in [0, 0.05) is 21.3 Å². The summed E-state index contributed by atoms with van der Waals surface area (Å²) < 4.78 is 0.915. The first-order chi connectivity index (χ1) is 8.47. The lowest BCUT2D eigenvalue weighted by molar-refractivity contribution is 1.13. The van der Waals surface area contributed by atoms with Crippen LogP contribution in [0.4, 0.5) is 11.5 Å². The van der Waals surface area contributed by atoms with Crippen LogP contribution < -0.4 is 5.32 Å². The van der Waals surface area contributed by atoms with Gasteiger partial charge in [-0.05, 0) is 59.1 Å². The van der Waals surface area contributed by atoms with Crippen molar-refractivity contribution in [2.75, 3.05) is 5.32 Å². The number of aromatic nitrogens is 2. The van der Waals surface area contributed by atoms with Crippen LogP contribution in [0.3, 0.4) is 0 Å². The number of aryl methyl sites for hydroxylation is 2. The van der Waals surface area contributed by atoms with Crippen LogP contribution in [0.5, 0.6) is 0 Å². The quantitative estimate of drug-likeness (QED) is 0.785. The van der Waals surface area contributed by atoms with Crippen molar-refractivity contribution >= 4 is 50.6 Å². The van der Waals surface area contributed by atoms with E-state index >= 15 is 0 Å². The average molecular weight is 347 g/mol. The fourth-order valence-electron chi connectivity index (χ4n) is 1.42. The van der Waals surface area contributed by atoms with E-state index in [1.165, 1.54) is 0 Å². The summed E-state index contributed by atoms with van der Waals surface area (Å²) in [6.07, 6.45) is 1.67. The molecule has 18 heavy (non-hydrogen) atoms. The second kappa shape index (κ2) is 5.43. The summed E-state index contributed by atoms with van der Waals surface area (Å²) in [6.45, 7) is 3.85. The Hall–Kier alpha value is -0.840. The maximum absolute atomic E-state index is 6.10. The molecule has 3 nitrogen and oxygen atoms in total. The van der Waals surface area contributed by atoms with Crippen LogP contribution in [-0.2, 0) is 0 Å². The summed E-state index contributed by atoms with van der Waals surface area (Å²) in [5, 5.41) is 4.08. The molecule has 1 aromatic heterocycles. The number of hydrogen-bond donors (Lipinski definition) is 1. The molecule has 0 fully saturated rings. The molecule has 0 aliphatic carbocycles. The van der Waals surface area contributed by atoms with E-state index in [-0.39, 0.29) is 5.28 Å². The molecule has 0 atom stereocenters. The van der Waals surface area contributed by atoms with Crippen LogP contribution in [0.25, 0.3) is 0 Å². The molecule has 0 aliphatic rings. The summed E-state index contributed by atoms with van der Waals surface area (Å²) in [7, 11) is 0. The Balaban J connectivity index is 2.40. The van der Waals surface area contributed by atoms with E-state index in [4.69, 9.17) is 23.2 Å². The van der Waals surface area contributed by atoms with Crippen LogP contribution in [0.15, 0.2) is 22.8 Å². The maximum Gasteiger partial charge on any atom is 0.224 e. The van der Waals surface area contributed by atoms with Gasteiger partial charge in [-0.2, -0.15) is 0 Å². The van der Waals surface area contributed by atoms with E-state index in [1.807, 2.05) is 26.0 Å². The number of benzene rings is 1. The molecular formula is C12H10BrCl2N3. The van der Waals surface area contributed by atoms with E-state index in [0.717, 1.165) is 21.3 Å². The minimum absolute atomic E-state index is 0.206. The zero-order valence-electron chi connectivity index (χ0n) is 9.76. The van der Waals surface area contributed by atoms with E-state index in [0.29, 0.717) is 10.8 Å². The Bertz CT molecular complexity index is 602. The van der Waals surface area contributed by atoms with Crippen molar-refractivity contribution in [3.05, 3.63) is 44.2 Å². The van der Waals surface area contributed by atoms with Crippen molar-refractivity contribution < 1.29 is 0 Å². The molecule has 0 spiro atoms. The van der Waals surface area contributed by atoms with Crippen molar-refractivity contribution in [3.8, 4) is 0 Å². The Morgan fingerprint density at radius 2 is 1.89 bits per heavy atom. The van der Waals surface area contributed by atoms with Crippen molar-refractivity contribution in [1.82, 2.24) is 9.97 Å². The highest BCUT2D eigenvalue weighted by Crippen LogP contribution is 2.31. The highest BCUT2D eigenvalue weighted by atomic mass is 79.9. The van der Waals surface area contributed by atoms with Gasteiger partial charge in [0.15, 0.2) is 0 Å². The highest BCUT2D eigenvalue weighted by Gasteiger charge is 2.08. The molecular weight excluding hydrogens is 337 g/mol. The van der Waals surface area contributed by atoms with Gasteiger partial charge >= 0.3 is 0 Å². The zero-order valence-corrected chi connectivity index (χ0v) is 12.9. The summed E-state index contributed by atoms with van der Waals surface area (Å²) in [4.78, 5) is 8.05. The third-order valence-corrected chi connectivity index (χ3v) is 3.69. The molecule has 1 aromatic carbocycles. The predicted molar refractivity (Wildman–Crippen MR) is 79.0 cm³/mol. The number of halogens is 3. The molecule has 2 rings (SSSR count). The van der Waals surface area contributed by atoms with Gasteiger partial charge in [-0.25, -0.2) is 9.97 Å². The largest absolute Gasteiger partial charge is 0.339 e. The summed E-state index contributed by atoms with van der Waals surface area (Å²) in [5.74, 6) is 0.663. The Morgan fingerprint density at radius 1 is 1.17 bits per heavy atom. The third-order valence-electron chi connectivity index (χ3n) is 2.44. The highest BCUT2D eigenvalue weighted by molar-refractivity contribution is 9.10. The van der Waals surface area contributed by atoms with Crippen LogP contribution in [0.2, 0.25) is 10.3 Å². The number of hydrogen-bond acceptors (Lipinski definition) is 3. The first-order valence-corrected chi connectivity index (χ1v) is 6.74. The lowest BCUT2D eigenvalue weighted by atomic mass is 10.2. The average Bonchev–Trinajstić information content (AvgIpc) is 2.30. The van der Waals surface area contributed by atoms with Crippen LogP contribution in [-0.4, -0.2) is 9.97 Å². The van der Waals surface area contributed by atoms with Gasteiger partial charge in [0.1, 0.15) is 5.82 Å². The monoisotopic (exact) mass is 345 g/mol. The van der Waals surface area contributed by atoms with E-state index in [1.54, 1.807) is 6.20 Å². The summed E-state index contributed by atoms with van der Waals surface area (Å²) in [6, 6.07) is 3.79. The fourth-order valence-corrected chi connectivity index (χ4v) is 2.27. The van der Waals surface area contributed by atoms with Crippen LogP contribution in [0, 0.1) is 13.8 Å². The lowest BCUT2D eigenvalue weighted by Crippen LogP contribution is -1.99. The van der Waals surface area contributed by atoms with Gasteiger partial charge in [0.2, 0.25) is 5.28 Å². The van der Waals surface area contributed by atoms with Gasteiger partial charge in [0.25, 0.3) is 0 Å². The van der Waals surface area contributed by atoms with Gasteiger partial charge in [-0.3, -0.25) is 0 Å². The van der Waals surface area contributed by atoms with Gasteiger partial charge < -0.3 is 5.32 Å². The van der Waals surface area contributed by atoms with Crippen molar-refractivity contribution in [2.45, 2.75) is 13.8 Å². The molecule has 0 radical (unpaired) electrons. The molecule has 94 valence electrons. The molecule has 6 heteroatoms. The minimum atomic E-state index is 0.206. The molecule has 0 aliphatic heterocycles. The van der Waals surface area contributed by atoms with Crippen molar-refractivity contribution in [2.24, 2.45) is 0 Å². The van der Waals surface area contributed by atoms with Gasteiger partial charge in [-0.1, -0.05) is 11.6 Å². The minimum Gasteiger partial charge on any atom is -0.339 e. The molecule has 0 unspecified atom stereocenters. The topological polar surface area (TPSA) is 37.8 Å². The maximum atomic E-state index is 6.10. The molecule has 1 heterocycles. The smallest absolute Gasteiger partial charge is 0.224 e. The van der Waals surface area contributed by atoms with E-state index in [2.05, 4.69) is 31.2 Å². The normalized spacial score (nSPS) is 10.5. The lowest BCUT2D eigenvalue weighted by Gasteiger charge is -2.11. The van der Waals surface area contributed by atoms with Crippen molar-refractivity contribution in [3.63, 3.8) is 0 Å². The fraction of sp³-hybridized carbons (Fsp3) is 0.167. The summed E-state index contributed by atoms with van der Waals surface area (Å²) >= 11 is 15.4. The number of nitrogens with one attached hydrogen (secondary N) is 1. The summed E-state index contributed by atoms with van der Waals surface area (Å²) in [5.41, 5.74) is 2.75. The third kappa shape index (κ3) is 2.94. The van der Waals surface area contributed by atoms with E-state index < -0.39 is 0 Å². The van der Waals surface area contributed by atoms with Gasteiger partial charge in [0.05, 0.1) is 5.69 Å². The number of nitrogens with zero attached hydrogens (tertiary/aromatic N) is 2. The molecule has 0 amide bonds. The standard InChI is InChI=1S/C12H10BrCl2N3/c1-6-3-8(13)10(4-9(6)14)17-11-7(2)5-16-12(15)18-11/h3-5H,1-2H3,(H,16,17,18).